The van der Waals surface area contributed by atoms with Gasteiger partial charge in [-0.15, -0.1) is 0 Å². The van der Waals surface area contributed by atoms with Gasteiger partial charge in [0.2, 0.25) is 0 Å². The topological polar surface area (TPSA) is 28.4 Å². The first-order chi connectivity index (χ1) is 9.74. The third-order valence-electron chi connectivity index (χ3n) is 5.02. The van der Waals surface area contributed by atoms with Gasteiger partial charge in [0.1, 0.15) is 11.5 Å². The second kappa shape index (κ2) is 5.90. The van der Waals surface area contributed by atoms with E-state index in [1.807, 2.05) is 0 Å². The van der Waals surface area contributed by atoms with Crippen LogP contribution in [0.3, 0.4) is 0 Å². The van der Waals surface area contributed by atoms with E-state index < -0.39 is 0 Å². The summed E-state index contributed by atoms with van der Waals surface area (Å²) in [6.07, 6.45) is 3.80. The molecule has 112 valence electrons. The van der Waals surface area contributed by atoms with Gasteiger partial charge in [-0.3, -0.25) is 4.90 Å². The van der Waals surface area contributed by atoms with Gasteiger partial charge in [0.15, 0.2) is 0 Å². The zero-order chi connectivity index (χ0) is 14.1. The molecule has 2 heterocycles. The third kappa shape index (κ3) is 2.66. The van der Waals surface area contributed by atoms with Crippen LogP contribution in [0, 0.1) is 11.8 Å². The molecule has 0 bridgehead atoms. The smallest absolute Gasteiger partial charge is 0.121 e. The molecule has 2 fully saturated rings. The molecule has 1 saturated carbocycles. The van der Waals surface area contributed by atoms with Crippen molar-refractivity contribution >= 4 is 0 Å². The van der Waals surface area contributed by atoms with E-state index >= 15 is 0 Å². The first-order valence-corrected chi connectivity index (χ1v) is 8.22. The van der Waals surface area contributed by atoms with Crippen LogP contribution in [0.4, 0.5) is 0 Å². The van der Waals surface area contributed by atoms with Crippen molar-refractivity contribution in [2.45, 2.75) is 45.1 Å². The zero-order valence-corrected chi connectivity index (χ0v) is 13.1. The molecule has 0 radical (unpaired) electrons. The molecule has 1 aliphatic carbocycles. The van der Waals surface area contributed by atoms with Gasteiger partial charge in [-0.2, -0.15) is 0 Å². The SMILES string of the molecule is CCCN1CCC(CNC)C1c1ccc(C2CC2C)o1. The summed E-state index contributed by atoms with van der Waals surface area (Å²) in [7, 11) is 2.05. The number of hydrogen-bond donors (Lipinski definition) is 1. The molecular weight excluding hydrogens is 248 g/mol. The van der Waals surface area contributed by atoms with Crippen molar-refractivity contribution in [3.8, 4) is 0 Å². The van der Waals surface area contributed by atoms with Crippen LogP contribution in [0.25, 0.3) is 0 Å². The zero-order valence-electron chi connectivity index (χ0n) is 13.1. The minimum Gasteiger partial charge on any atom is -0.464 e. The van der Waals surface area contributed by atoms with E-state index in [2.05, 4.69) is 43.2 Å². The molecule has 1 saturated heterocycles. The van der Waals surface area contributed by atoms with Gasteiger partial charge in [0.25, 0.3) is 0 Å². The molecule has 0 spiro atoms. The van der Waals surface area contributed by atoms with Crippen molar-refractivity contribution in [2.75, 3.05) is 26.7 Å². The normalized spacial score (nSPS) is 33.8. The van der Waals surface area contributed by atoms with Gasteiger partial charge in [-0.1, -0.05) is 13.8 Å². The number of likely N-dealkylation sites (tertiary alicyclic amines) is 1. The number of nitrogens with zero attached hydrogens (tertiary/aromatic N) is 1. The molecule has 1 aliphatic heterocycles. The molecule has 4 unspecified atom stereocenters. The van der Waals surface area contributed by atoms with E-state index in [1.54, 1.807) is 0 Å². The minimum absolute atomic E-state index is 0.477. The van der Waals surface area contributed by atoms with Crippen LogP contribution in [-0.4, -0.2) is 31.6 Å². The van der Waals surface area contributed by atoms with Gasteiger partial charge >= 0.3 is 0 Å². The Morgan fingerprint density at radius 2 is 2.10 bits per heavy atom. The second-order valence-electron chi connectivity index (χ2n) is 6.65. The maximum Gasteiger partial charge on any atom is 0.121 e. The molecule has 1 aromatic heterocycles. The molecule has 0 amide bonds. The lowest BCUT2D eigenvalue weighted by atomic mass is 9.98. The van der Waals surface area contributed by atoms with Crippen LogP contribution in [0.5, 0.6) is 0 Å². The molecule has 3 heteroatoms. The van der Waals surface area contributed by atoms with Crippen LogP contribution < -0.4 is 5.32 Å². The van der Waals surface area contributed by atoms with E-state index in [1.165, 1.54) is 43.9 Å². The van der Waals surface area contributed by atoms with Gasteiger partial charge in [-0.25, -0.2) is 0 Å². The maximum absolute atomic E-state index is 6.25. The number of furan rings is 1. The summed E-state index contributed by atoms with van der Waals surface area (Å²) < 4.78 is 6.25. The van der Waals surface area contributed by atoms with Crippen LogP contribution in [0.2, 0.25) is 0 Å². The molecule has 0 aromatic carbocycles. The first kappa shape index (κ1) is 14.2. The predicted molar refractivity (Wildman–Crippen MR) is 81.9 cm³/mol. The Kier molecular flexibility index (Phi) is 4.18. The Bertz CT molecular complexity index is 428. The van der Waals surface area contributed by atoms with Crippen LogP contribution in [0.15, 0.2) is 16.5 Å². The van der Waals surface area contributed by atoms with Crippen LogP contribution >= 0.6 is 0 Å². The third-order valence-corrected chi connectivity index (χ3v) is 5.02. The lowest BCUT2D eigenvalue weighted by molar-refractivity contribution is 0.196. The Balaban J connectivity index is 1.77. The molecule has 3 nitrogen and oxygen atoms in total. The fourth-order valence-electron chi connectivity index (χ4n) is 3.80. The van der Waals surface area contributed by atoms with Crippen molar-refractivity contribution in [2.24, 2.45) is 11.8 Å². The van der Waals surface area contributed by atoms with Crippen LogP contribution in [-0.2, 0) is 0 Å². The molecule has 4 atom stereocenters. The summed E-state index contributed by atoms with van der Waals surface area (Å²) in [6.45, 7) is 8.06. The monoisotopic (exact) mass is 276 g/mol. The Morgan fingerprint density at radius 1 is 1.35 bits per heavy atom. The molecule has 2 aliphatic rings. The lowest BCUT2D eigenvalue weighted by Gasteiger charge is -2.26. The molecule has 1 N–H and O–H groups in total. The molecule has 20 heavy (non-hydrogen) atoms. The summed E-state index contributed by atoms with van der Waals surface area (Å²) in [4.78, 5) is 2.61. The average Bonchev–Trinajstić information content (AvgIpc) is 2.86. The summed E-state index contributed by atoms with van der Waals surface area (Å²) in [5.74, 6) is 4.61. The van der Waals surface area contributed by atoms with Crippen LogP contribution in [0.1, 0.15) is 56.6 Å². The number of hydrogen-bond acceptors (Lipinski definition) is 3. The average molecular weight is 276 g/mol. The lowest BCUT2D eigenvalue weighted by Crippen LogP contribution is -2.29. The van der Waals surface area contributed by atoms with Gasteiger partial charge in [-0.05, 0) is 69.9 Å². The summed E-state index contributed by atoms with van der Waals surface area (Å²) in [6, 6.07) is 4.94. The molecule has 1 aromatic rings. The van der Waals surface area contributed by atoms with E-state index in [-0.39, 0.29) is 0 Å². The highest BCUT2D eigenvalue weighted by atomic mass is 16.3. The molecule has 3 rings (SSSR count). The fraction of sp³-hybridized carbons (Fsp3) is 0.765. The second-order valence-corrected chi connectivity index (χ2v) is 6.65. The van der Waals surface area contributed by atoms with Crippen molar-refractivity contribution in [3.05, 3.63) is 23.7 Å². The Morgan fingerprint density at radius 3 is 2.75 bits per heavy atom. The van der Waals surface area contributed by atoms with Crippen molar-refractivity contribution < 1.29 is 4.42 Å². The van der Waals surface area contributed by atoms with Crippen molar-refractivity contribution in [1.82, 2.24) is 10.2 Å². The highest BCUT2D eigenvalue weighted by molar-refractivity contribution is 5.20. The van der Waals surface area contributed by atoms with Crippen molar-refractivity contribution in [1.29, 1.82) is 0 Å². The van der Waals surface area contributed by atoms with Gasteiger partial charge < -0.3 is 9.73 Å². The Hall–Kier alpha value is -0.800. The maximum atomic E-state index is 6.25. The summed E-state index contributed by atoms with van der Waals surface area (Å²) >= 11 is 0. The van der Waals surface area contributed by atoms with E-state index in [0.717, 1.165) is 12.5 Å². The van der Waals surface area contributed by atoms with E-state index in [9.17, 15) is 0 Å². The van der Waals surface area contributed by atoms with Gasteiger partial charge in [0, 0.05) is 5.92 Å². The van der Waals surface area contributed by atoms with E-state index in [4.69, 9.17) is 4.42 Å². The Labute approximate surface area is 122 Å². The first-order valence-electron chi connectivity index (χ1n) is 8.22. The number of nitrogens with one attached hydrogen (secondary N) is 1. The highest BCUT2D eigenvalue weighted by Gasteiger charge is 2.39. The van der Waals surface area contributed by atoms with Gasteiger partial charge in [0.05, 0.1) is 6.04 Å². The highest BCUT2D eigenvalue weighted by Crippen LogP contribution is 2.48. The largest absolute Gasteiger partial charge is 0.464 e. The predicted octanol–water partition coefficient (Wildman–Crippen LogP) is 3.40. The van der Waals surface area contributed by atoms with E-state index in [0.29, 0.717) is 17.9 Å². The van der Waals surface area contributed by atoms with Crippen molar-refractivity contribution in [3.63, 3.8) is 0 Å². The quantitative estimate of drug-likeness (QED) is 0.863. The summed E-state index contributed by atoms with van der Waals surface area (Å²) in [5.41, 5.74) is 0. The summed E-state index contributed by atoms with van der Waals surface area (Å²) in [5, 5.41) is 3.35. The standard InChI is InChI=1S/C17H28N2O/c1-4-8-19-9-7-13(11-18-3)17(19)16-6-5-15(20-16)14-10-12(14)2/h5-6,12-14,17-18H,4,7-11H2,1-3H3. The number of rotatable bonds is 6. The molecular formula is C17H28N2O. The minimum atomic E-state index is 0.477. The fourth-order valence-corrected chi connectivity index (χ4v) is 3.80.